The molecule has 21 heavy (non-hydrogen) atoms. The van der Waals surface area contributed by atoms with Crippen LogP contribution in [0.3, 0.4) is 0 Å². The minimum Gasteiger partial charge on any atom is -0.477 e. The SMILES string of the molecule is C[C@@H](O[Si](C)(C)C(C)(C)C)C1C(=O)N2C(C(=O)O)=CCC12. The fraction of sp³-hybridized carbons (Fsp3) is 0.733. The van der Waals surface area contributed by atoms with Crippen molar-refractivity contribution in [3.8, 4) is 0 Å². The Bertz CT molecular complexity index is 506. The maximum Gasteiger partial charge on any atom is 0.352 e. The van der Waals surface area contributed by atoms with Crippen LogP contribution in [0.15, 0.2) is 11.8 Å². The van der Waals surface area contributed by atoms with Crippen LogP contribution in [-0.2, 0) is 14.0 Å². The highest BCUT2D eigenvalue weighted by molar-refractivity contribution is 6.74. The predicted octanol–water partition coefficient (Wildman–Crippen LogP) is 2.60. The second-order valence-electron chi connectivity index (χ2n) is 7.51. The molecule has 0 aromatic carbocycles. The van der Waals surface area contributed by atoms with E-state index in [-0.39, 0.29) is 34.7 Å². The lowest BCUT2D eigenvalue weighted by atomic mass is 9.83. The van der Waals surface area contributed by atoms with Crippen LogP contribution < -0.4 is 0 Å². The summed E-state index contributed by atoms with van der Waals surface area (Å²) in [5.41, 5.74) is 0.126. The van der Waals surface area contributed by atoms with E-state index in [0.717, 1.165) is 0 Å². The van der Waals surface area contributed by atoms with E-state index in [1.165, 1.54) is 4.90 Å². The molecule has 1 N–H and O–H groups in total. The van der Waals surface area contributed by atoms with E-state index < -0.39 is 14.3 Å². The number of fused-ring (bicyclic) bond motifs is 1. The van der Waals surface area contributed by atoms with Gasteiger partial charge in [0.15, 0.2) is 8.32 Å². The van der Waals surface area contributed by atoms with Gasteiger partial charge >= 0.3 is 5.97 Å². The first-order chi connectivity index (χ1) is 9.47. The molecule has 2 heterocycles. The van der Waals surface area contributed by atoms with Crippen molar-refractivity contribution in [2.24, 2.45) is 5.92 Å². The number of carboxylic acid groups (broad SMARTS) is 1. The van der Waals surface area contributed by atoms with Crippen LogP contribution in [0.5, 0.6) is 0 Å². The van der Waals surface area contributed by atoms with Gasteiger partial charge in [-0.3, -0.25) is 4.79 Å². The highest BCUT2D eigenvalue weighted by Crippen LogP contribution is 2.44. The van der Waals surface area contributed by atoms with Gasteiger partial charge in [-0.15, -0.1) is 0 Å². The smallest absolute Gasteiger partial charge is 0.352 e. The average Bonchev–Trinajstić information content (AvgIpc) is 2.66. The molecule has 1 fully saturated rings. The van der Waals surface area contributed by atoms with Gasteiger partial charge in [-0.05, 0) is 31.5 Å². The van der Waals surface area contributed by atoms with Crippen molar-refractivity contribution in [3.63, 3.8) is 0 Å². The molecule has 0 aromatic heterocycles. The topological polar surface area (TPSA) is 66.8 Å². The highest BCUT2D eigenvalue weighted by Gasteiger charge is 2.56. The summed E-state index contributed by atoms with van der Waals surface area (Å²) >= 11 is 0. The van der Waals surface area contributed by atoms with Gasteiger partial charge in [-0.25, -0.2) is 4.79 Å². The summed E-state index contributed by atoms with van der Waals surface area (Å²) in [6, 6.07) is -0.0385. The maximum atomic E-state index is 12.3. The molecule has 0 aromatic rings. The number of hydrogen-bond acceptors (Lipinski definition) is 3. The molecule has 2 aliphatic rings. The highest BCUT2D eigenvalue weighted by atomic mass is 28.4. The van der Waals surface area contributed by atoms with E-state index in [0.29, 0.717) is 6.42 Å². The van der Waals surface area contributed by atoms with Gasteiger partial charge in [0.2, 0.25) is 5.91 Å². The molecule has 2 unspecified atom stereocenters. The molecular formula is C15H25NO4Si. The lowest BCUT2D eigenvalue weighted by Crippen LogP contribution is -2.63. The number of β-lactam (4-membered cyclic amide) rings is 1. The van der Waals surface area contributed by atoms with Crippen molar-refractivity contribution in [2.45, 2.75) is 64.4 Å². The van der Waals surface area contributed by atoms with Crippen molar-refractivity contribution >= 4 is 20.2 Å². The molecular weight excluding hydrogens is 286 g/mol. The van der Waals surface area contributed by atoms with E-state index in [2.05, 4.69) is 33.9 Å². The molecule has 5 nitrogen and oxygen atoms in total. The summed E-state index contributed by atoms with van der Waals surface area (Å²) in [7, 11) is -1.93. The fourth-order valence-electron chi connectivity index (χ4n) is 2.87. The fourth-order valence-corrected chi connectivity index (χ4v) is 4.30. The molecule has 0 spiro atoms. The van der Waals surface area contributed by atoms with Gasteiger partial charge in [-0.1, -0.05) is 26.8 Å². The summed E-state index contributed by atoms with van der Waals surface area (Å²) in [5, 5.41) is 9.18. The third kappa shape index (κ3) is 2.55. The first-order valence-corrected chi connectivity index (χ1v) is 10.3. The summed E-state index contributed by atoms with van der Waals surface area (Å²) in [5.74, 6) is -1.35. The Morgan fingerprint density at radius 1 is 1.48 bits per heavy atom. The molecule has 0 bridgehead atoms. The zero-order valence-electron chi connectivity index (χ0n) is 13.6. The Kier molecular flexibility index (Phi) is 3.83. The number of carbonyl (C=O) groups excluding carboxylic acids is 1. The van der Waals surface area contributed by atoms with Gasteiger partial charge in [0.05, 0.1) is 18.1 Å². The minimum atomic E-state index is -1.93. The molecule has 2 aliphatic heterocycles. The number of carboxylic acids is 1. The Hall–Kier alpha value is -1.14. The number of amides is 1. The van der Waals surface area contributed by atoms with Crippen molar-refractivity contribution in [2.75, 3.05) is 0 Å². The quantitative estimate of drug-likeness (QED) is 0.640. The summed E-state index contributed by atoms with van der Waals surface area (Å²) < 4.78 is 6.30. The van der Waals surface area contributed by atoms with Crippen LogP contribution >= 0.6 is 0 Å². The van der Waals surface area contributed by atoms with Crippen molar-refractivity contribution in [3.05, 3.63) is 11.8 Å². The minimum absolute atomic E-state index is 0.0385. The van der Waals surface area contributed by atoms with Crippen LogP contribution in [0.1, 0.15) is 34.1 Å². The maximum absolute atomic E-state index is 12.3. The summed E-state index contributed by atoms with van der Waals surface area (Å²) in [6.07, 6.45) is 2.09. The van der Waals surface area contributed by atoms with Gasteiger partial charge < -0.3 is 14.4 Å². The van der Waals surface area contributed by atoms with Crippen LogP contribution in [0, 0.1) is 5.92 Å². The number of nitrogens with zero attached hydrogens (tertiary/aromatic N) is 1. The molecule has 118 valence electrons. The molecule has 0 saturated carbocycles. The number of aliphatic carboxylic acids is 1. The third-order valence-electron chi connectivity index (χ3n) is 5.09. The summed E-state index contributed by atoms with van der Waals surface area (Å²) in [6.45, 7) is 12.8. The van der Waals surface area contributed by atoms with E-state index in [4.69, 9.17) is 9.53 Å². The van der Waals surface area contributed by atoms with Crippen LogP contribution in [0.4, 0.5) is 0 Å². The van der Waals surface area contributed by atoms with Gasteiger partial charge in [0.25, 0.3) is 0 Å². The normalized spacial score (nSPS) is 27.0. The first-order valence-electron chi connectivity index (χ1n) is 7.41. The van der Waals surface area contributed by atoms with Gasteiger partial charge in [-0.2, -0.15) is 0 Å². The monoisotopic (exact) mass is 311 g/mol. The van der Waals surface area contributed by atoms with E-state index in [1.54, 1.807) is 6.08 Å². The van der Waals surface area contributed by atoms with Crippen LogP contribution in [0.2, 0.25) is 18.1 Å². The molecule has 6 heteroatoms. The second kappa shape index (κ2) is 4.95. The second-order valence-corrected chi connectivity index (χ2v) is 12.3. The summed E-state index contributed by atoms with van der Waals surface area (Å²) in [4.78, 5) is 24.8. The largest absolute Gasteiger partial charge is 0.477 e. The standard InChI is InChI=1S/C15H25NO4Si/c1-9(20-21(5,6)15(2,3)4)12-10-7-8-11(14(18)19)16(10)13(12)17/h8-10,12H,7H2,1-6H3,(H,18,19)/t9-,10?,12?/m1/s1. The molecule has 1 amide bonds. The Balaban J connectivity index is 2.06. The first kappa shape index (κ1) is 16.2. The number of carbonyl (C=O) groups is 2. The molecule has 0 aliphatic carbocycles. The van der Waals surface area contributed by atoms with E-state index >= 15 is 0 Å². The van der Waals surface area contributed by atoms with Gasteiger partial charge in [0.1, 0.15) is 5.70 Å². The van der Waals surface area contributed by atoms with E-state index in [9.17, 15) is 9.59 Å². The number of rotatable bonds is 4. The van der Waals surface area contributed by atoms with Crippen molar-refractivity contribution in [1.29, 1.82) is 0 Å². The molecule has 3 atom stereocenters. The molecule has 1 saturated heterocycles. The zero-order chi connectivity index (χ0) is 16.2. The van der Waals surface area contributed by atoms with Crippen LogP contribution in [-0.4, -0.2) is 42.3 Å². The Labute approximate surface area is 127 Å². The third-order valence-corrected chi connectivity index (χ3v) is 9.67. The molecule has 2 rings (SSSR count). The zero-order valence-corrected chi connectivity index (χ0v) is 14.6. The Morgan fingerprint density at radius 3 is 2.52 bits per heavy atom. The Morgan fingerprint density at radius 2 is 2.05 bits per heavy atom. The van der Waals surface area contributed by atoms with E-state index in [1.807, 2.05) is 6.92 Å². The predicted molar refractivity (Wildman–Crippen MR) is 82.2 cm³/mol. The molecule has 0 radical (unpaired) electrons. The lowest BCUT2D eigenvalue weighted by Gasteiger charge is -2.48. The van der Waals surface area contributed by atoms with Crippen molar-refractivity contribution in [1.82, 2.24) is 4.90 Å². The number of hydrogen-bond donors (Lipinski definition) is 1. The van der Waals surface area contributed by atoms with Crippen molar-refractivity contribution < 1.29 is 19.1 Å². The van der Waals surface area contributed by atoms with Gasteiger partial charge in [0, 0.05) is 0 Å². The average molecular weight is 311 g/mol. The lowest BCUT2D eigenvalue weighted by molar-refractivity contribution is -0.160. The van der Waals surface area contributed by atoms with Crippen LogP contribution in [0.25, 0.3) is 0 Å².